The van der Waals surface area contributed by atoms with Gasteiger partial charge in [-0.25, -0.2) is 4.79 Å². The standard InChI is InChI=1S/C37H61NO13/c1-11-27-37(43,18-46-36-33(45-10)32(44-9)29(41)23(6)48-36)34-26(49-34)14-13-25(39)20(3)16-21(4)31(19(2)12-15-28(40)50-27)51-35-30(42)24(38(7)8)17-22(5)47-35/h12-15,19-24,26-27,29-36,41-43H,11,16-18H2,1-10H3/b14-13+,15-12+/t19-,20-,21+,22+,23+,24-,26+,27-,29+,30+,31-,32+,33+,34+,35-,36+,37+/m0/s1. The molecule has 0 aromatic heterocycles. The molecule has 0 spiro atoms. The number of cyclic esters (lactones) is 1. The van der Waals surface area contributed by atoms with E-state index in [-0.39, 0.29) is 48.7 Å². The van der Waals surface area contributed by atoms with Crippen LogP contribution in [0, 0.1) is 17.8 Å². The van der Waals surface area contributed by atoms with Gasteiger partial charge in [-0.2, -0.15) is 0 Å². The molecule has 17 atom stereocenters. The highest BCUT2D eigenvalue weighted by Crippen LogP contribution is 2.40. The Morgan fingerprint density at radius 3 is 2.20 bits per heavy atom. The Hall–Kier alpha value is -1.82. The number of epoxide rings is 1. The fourth-order valence-corrected chi connectivity index (χ4v) is 7.69. The van der Waals surface area contributed by atoms with Gasteiger partial charge in [-0.15, -0.1) is 0 Å². The molecule has 0 aromatic carbocycles. The number of aliphatic hydroxyl groups excluding tert-OH is 2. The Morgan fingerprint density at radius 1 is 0.882 bits per heavy atom. The average Bonchev–Trinajstić information content (AvgIpc) is 3.88. The van der Waals surface area contributed by atoms with E-state index in [1.165, 1.54) is 26.4 Å². The minimum absolute atomic E-state index is 0.115. The van der Waals surface area contributed by atoms with Crippen LogP contribution in [0.1, 0.15) is 60.8 Å². The Morgan fingerprint density at radius 2 is 1.57 bits per heavy atom. The number of ether oxygens (including phenoxy) is 8. The van der Waals surface area contributed by atoms with Crippen molar-refractivity contribution in [1.29, 1.82) is 0 Å². The molecular weight excluding hydrogens is 666 g/mol. The molecule has 3 saturated heterocycles. The lowest BCUT2D eigenvalue weighted by Gasteiger charge is -2.43. The van der Waals surface area contributed by atoms with Crippen molar-refractivity contribution >= 4 is 11.8 Å². The summed E-state index contributed by atoms with van der Waals surface area (Å²) in [5.74, 6) is -1.71. The molecule has 292 valence electrons. The molecular formula is C37H61NO13. The highest BCUT2D eigenvalue weighted by atomic mass is 16.7. The lowest BCUT2D eigenvalue weighted by Crippen LogP contribution is -2.60. The molecule has 4 heterocycles. The van der Waals surface area contributed by atoms with Crippen molar-refractivity contribution in [2.75, 3.05) is 34.9 Å². The van der Waals surface area contributed by atoms with Crippen LogP contribution in [-0.4, -0.2) is 152 Å². The second-order valence-corrected chi connectivity index (χ2v) is 15.0. The van der Waals surface area contributed by atoms with Crippen LogP contribution >= 0.6 is 0 Å². The van der Waals surface area contributed by atoms with Crippen molar-refractivity contribution in [2.24, 2.45) is 17.8 Å². The van der Waals surface area contributed by atoms with Gasteiger partial charge in [-0.1, -0.05) is 33.8 Å². The van der Waals surface area contributed by atoms with Gasteiger partial charge in [0, 0.05) is 38.2 Å². The van der Waals surface area contributed by atoms with Crippen LogP contribution in [0.25, 0.3) is 0 Å². The molecule has 0 bridgehead atoms. The maximum atomic E-state index is 13.4. The molecule has 0 radical (unpaired) electrons. The Kier molecular flexibility index (Phi) is 14.8. The number of hydrogen-bond acceptors (Lipinski definition) is 14. The molecule has 4 rings (SSSR count). The number of rotatable bonds is 9. The molecule has 0 aromatic rings. The summed E-state index contributed by atoms with van der Waals surface area (Å²) < 4.78 is 47.4. The molecule has 3 N–H and O–H groups in total. The molecule has 4 aliphatic heterocycles. The van der Waals surface area contributed by atoms with Crippen LogP contribution in [0.5, 0.6) is 0 Å². The van der Waals surface area contributed by atoms with E-state index >= 15 is 0 Å². The predicted molar refractivity (Wildman–Crippen MR) is 184 cm³/mol. The van der Waals surface area contributed by atoms with Gasteiger partial charge in [-0.05, 0) is 65.3 Å². The molecule has 14 nitrogen and oxygen atoms in total. The minimum atomic E-state index is -1.86. The number of carbonyl (C=O) groups excluding carboxylic acids is 2. The van der Waals surface area contributed by atoms with Crippen LogP contribution in [0.4, 0.5) is 0 Å². The van der Waals surface area contributed by atoms with Gasteiger partial charge in [0.25, 0.3) is 0 Å². The van der Waals surface area contributed by atoms with E-state index in [1.807, 2.05) is 46.7 Å². The monoisotopic (exact) mass is 727 g/mol. The van der Waals surface area contributed by atoms with Gasteiger partial charge < -0.3 is 58.1 Å². The third kappa shape index (κ3) is 9.84. The highest BCUT2D eigenvalue weighted by molar-refractivity contribution is 5.91. The van der Waals surface area contributed by atoms with Gasteiger partial charge in [0.1, 0.15) is 42.7 Å². The van der Waals surface area contributed by atoms with Gasteiger partial charge in [-0.3, -0.25) is 4.79 Å². The average molecular weight is 728 g/mol. The highest BCUT2D eigenvalue weighted by Gasteiger charge is 2.59. The number of carbonyl (C=O) groups is 2. The largest absolute Gasteiger partial charge is 0.456 e. The topological polar surface area (TPSA) is 175 Å². The van der Waals surface area contributed by atoms with Crippen LogP contribution in [0.3, 0.4) is 0 Å². The lowest BCUT2D eigenvalue weighted by atomic mass is 9.84. The van der Waals surface area contributed by atoms with Crippen molar-refractivity contribution in [3.63, 3.8) is 0 Å². The van der Waals surface area contributed by atoms with Crippen molar-refractivity contribution in [1.82, 2.24) is 4.90 Å². The third-order valence-corrected chi connectivity index (χ3v) is 10.8. The van der Waals surface area contributed by atoms with Gasteiger partial charge in [0.2, 0.25) is 0 Å². The molecule has 3 fully saturated rings. The van der Waals surface area contributed by atoms with E-state index in [4.69, 9.17) is 37.9 Å². The molecule has 0 saturated carbocycles. The summed E-state index contributed by atoms with van der Waals surface area (Å²) in [6, 6.07) is -0.171. The third-order valence-electron chi connectivity index (χ3n) is 10.8. The van der Waals surface area contributed by atoms with Crippen LogP contribution in [0.2, 0.25) is 0 Å². The summed E-state index contributed by atoms with van der Waals surface area (Å²) in [7, 11) is 6.70. The second kappa shape index (κ2) is 18.0. The van der Waals surface area contributed by atoms with Crippen molar-refractivity contribution in [3.05, 3.63) is 24.3 Å². The normalized spacial score (nSPS) is 47.0. The number of nitrogens with zero attached hydrogens (tertiary/aromatic N) is 1. The fourth-order valence-electron chi connectivity index (χ4n) is 7.69. The first kappa shape index (κ1) is 41.9. The zero-order chi connectivity index (χ0) is 37.8. The van der Waals surface area contributed by atoms with E-state index in [0.29, 0.717) is 12.8 Å². The Labute approximate surface area is 302 Å². The molecule has 0 aliphatic carbocycles. The minimum Gasteiger partial charge on any atom is -0.456 e. The van der Waals surface area contributed by atoms with Crippen molar-refractivity contribution in [3.8, 4) is 0 Å². The van der Waals surface area contributed by atoms with Crippen LogP contribution in [0.15, 0.2) is 24.3 Å². The molecule has 0 amide bonds. The number of allylic oxidation sites excluding steroid dienone is 1. The number of aliphatic hydroxyl groups is 3. The summed E-state index contributed by atoms with van der Waals surface area (Å²) in [6.45, 7) is 10.7. The summed E-state index contributed by atoms with van der Waals surface area (Å²) in [6.07, 6.45) is -1.95. The summed E-state index contributed by atoms with van der Waals surface area (Å²) in [4.78, 5) is 28.7. The second-order valence-electron chi connectivity index (χ2n) is 15.0. The number of hydrogen-bond donors (Lipinski definition) is 3. The number of likely N-dealkylation sites (N-methyl/N-ethyl adjacent to an activating group) is 1. The molecule has 4 aliphatic rings. The molecule has 0 unspecified atom stereocenters. The zero-order valence-corrected chi connectivity index (χ0v) is 31.7. The van der Waals surface area contributed by atoms with Gasteiger partial charge in [0.15, 0.2) is 24.0 Å². The fraction of sp³-hybridized carbons (Fsp3) is 0.838. The van der Waals surface area contributed by atoms with E-state index in [1.54, 1.807) is 26.0 Å². The maximum Gasteiger partial charge on any atom is 0.330 e. The quantitative estimate of drug-likeness (QED) is 0.232. The first-order valence-corrected chi connectivity index (χ1v) is 18.2. The number of ketones is 1. The number of methoxy groups -OCH3 is 2. The SMILES string of the molecule is CC[C@@H]1OC(=O)/C=C/[C@H](C)[C@H](O[C@@H]2O[C@H](C)C[C@H](N(C)C)[C@H]2O)[C@H](C)C[C@H](C)C(=O)/C=C/[C@H]2O[C@H]2[C@@]1(O)CO[C@@H]1O[C@H](C)[C@@H](O)[C@@H](OC)[C@H]1OC. The van der Waals surface area contributed by atoms with Crippen molar-refractivity contribution in [2.45, 2.75) is 146 Å². The van der Waals surface area contributed by atoms with Gasteiger partial charge in [0.05, 0.1) is 24.9 Å². The molecule has 51 heavy (non-hydrogen) atoms. The predicted octanol–water partition coefficient (Wildman–Crippen LogP) is 1.76. The van der Waals surface area contributed by atoms with E-state index in [2.05, 4.69) is 0 Å². The van der Waals surface area contributed by atoms with Crippen molar-refractivity contribution < 1.29 is 62.8 Å². The maximum absolute atomic E-state index is 13.4. The summed E-state index contributed by atoms with van der Waals surface area (Å²) in [5.41, 5.74) is -1.86. The summed E-state index contributed by atoms with van der Waals surface area (Å²) >= 11 is 0. The Balaban J connectivity index is 1.59. The summed E-state index contributed by atoms with van der Waals surface area (Å²) in [5, 5.41) is 34.0. The zero-order valence-electron chi connectivity index (χ0n) is 31.7. The van der Waals surface area contributed by atoms with E-state index in [9.17, 15) is 24.9 Å². The lowest BCUT2D eigenvalue weighted by molar-refractivity contribution is -0.313. The Bertz CT molecular complexity index is 1210. The van der Waals surface area contributed by atoms with E-state index < -0.39 is 79.1 Å². The molecule has 14 heteroatoms. The first-order chi connectivity index (χ1) is 24.1. The first-order valence-electron chi connectivity index (χ1n) is 18.2. The van der Waals surface area contributed by atoms with E-state index in [0.717, 1.165) is 0 Å². The number of esters is 1. The van der Waals surface area contributed by atoms with Gasteiger partial charge >= 0.3 is 5.97 Å². The number of fused-ring (bicyclic) bond motifs is 1. The van der Waals surface area contributed by atoms with Crippen LogP contribution in [-0.2, 0) is 47.5 Å². The van der Waals surface area contributed by atoms with Crippen LogP contribution < -0.4 is 0 Å². The smallest absolute Gasteiger partial charge is 0.330 e.